The molecule has 0 fully saturated rings. The monoisotopic (exact) mass is 200 g/mol. The van der Waals surface area contributed by atoms with Gasteiger partial charge in [-0.15, -0.1) is 0 Å². The molecule has 0 aromatic rings. The Morgan fingerprint density at radius 1 is 1.36 bits per heavy atom. The topological polar surface area (TPSA) is 103 Å². The number of nitrogens with two attached hydrogens (primary N) is 2. The highest BCUT2D eigenvalue weighted by Crippen LogP contribution is 1.99. The molecule has 0 saturated heterocycles. The van der Waals surface area contributed by atoms with Crippen LogP contribution in [0.4, 0.5) is 0 Å². The van der Waals surface area contributed by atoms with Crippen LogP contribution in [0, 0.1) is 0 Å². The molecule has 2 unspecified atom stereocenters. The first-order valence-electron chi connectivity index (χ1n) is 4.57. The van der Waals surface area contributed by atoms with Gasteiger partial charge in [-0.05, 0) is 6.42 Å². The highest BCUT2D eigenvalue weighted by molar-refractivity contribution is 6.12. The molecule has 0 amide bonds. The number of aldehydes is 1. The Kier molecular flexibility index (Phi) is 5.91. The van der Waals surface area contributed by atoms with Crippen LogP contribution in [0.2, 0.25) is 0 Å². The molecule has 5 heteroatoms. The molecule has 0 aliphatic carbocycles. The lowest BCUT2D eigenvalue weighted by Gasteiger charge is -2.10. The standard InChI is InChI=1S/C9H16N2O3/c1-2-3-4-7(13)8(11)9(14)6(10)5-12/h5-6,8H,2-4,10-11H2,1H3. The molecule has 0 bridgehead atoms. The van der Waals surface area contributed by atoms with Crippen molar-refractivity contribution in [1.29, 1.82) is 0 Å². The molecule has 0 heterocycles. The smallest absolute Gasteiger partial charge is 0.180 e. The molecule has 0 aromatic carbocycles. The summed E-state index contributed by atoms with van der Waals surface area (Å²) < 4.78 is 0. The Balaban J connectivity index is 4.17. The molecule has 0 radical (unpaired) electrons. The average molecular weight is 200 g/mol. The first-order valence-corrected chi connectivity index (χ1v) is 4.57. The molecule has 0 spiro atoms. The third-order valence-corrected chi connectivity index (χ3v) is 1.91. The van der Waals surface area contributed by atoms with E-state index in [1.54, 1.807) is 0 Å². The van der Waals surface area contributed by atoms with Crippen LogP contribution >= 0.6 is 0 Å². The lowest BCUT2D eigenvalue weighted by Crippen LogP contribution is -2.48. The summed E-state index contributed by atoms with van der Waals surface area (Å²) in [7, 11) is 0. The van der Waals surface area contributed by atoms with E-state index in [0.29, 0.717) is 6.42 Å². The van der Waals surface area contributed by atoms with Crippen molar-refractivity contribution in [3.63, 3.8) is 0 Å². The number of carbonyl (C=O) groups is 3. The summed E-state index contributed by atoms with van der Waals surface area (Å²) in [5.74, 6) is -1.06. The lowest BCUT2D eigenvalue weighted by molar-refractivity contribution is -0.130. The minimum absolute atomic E-state index is 0.259. The van der Waals surface area contributed by atoms with Crippen molar-refractivity contribution in [2.45, 2.75) is 38.3 Å². The maximum absolute atomic E-state index is 11.2. The van der Waals surface area contributed by atoms with Gasteiger partial charge in [-0.25, -0.2) is 0 Å². The molecule has 80 valence electrons. The van der Waals surface area contributed by atoms with Gasteiger partial charge in [-0.2, -0.15) is 0 Å². The van der Waals surface area contributed by atoms with Crippen molar-refractivity contribution >= 4 is 17.9 Å². The van der Waals surface area contributed by atoms with Crippen molar-refractivity contribution in [3.8, 4) is 0 Å². The van der Waals surface area contributed by atoms with E-state index in [4.69, 9.17) is 11.5 Å². The number of ketones is 2. The number of Topliss-reactive ketones (excluding diaryl/α,β-unsaturated/α-hetero) is 2. The Hall–Kier alpha value is -1.07. The first-order chi connectivity index (χ1) is 6.54. The van der Waals surface area contributed by atoms with Gasteiger partial charge in [0.25, 0.3) is 0 Å². The zero-order valence-corrected chi connectivity index (χ0v) is 8.23. The van der Waals surface area contributed by atoms with Gasteiger partial charge in [0.1, 0.15) is 18.4 Å². The fourth-order valence-electron chi connectivity index (χ4n) is 0.940. The molecule has 0 saturated carbocycles. The summed E-state index contributed by atoms with van der Waals surface area (Å²) in [6.45, 7) is 1.93. The third kappa shape index (κ3) is 3.76. The molecular weight excluding hydrogens is 184 g/mol. The summed E-state index contributed by atoms with van der Waals surface area (Å²) in [5.41, 5.74) is 10.5. The SMILES string of the molecule is CCCCC(=O)C(N)C(=O)C(N)C=O. The van der Waals surface area contributed by atoms with Gasteiger partial charge in [-0.1, -0.05) is 13.3 Å². The van der Waals surface area contributed by atoms with E-state index >= 15 is 0 Å². The van der Waals surface area contributed by atoms with Crippen LogP contribution in [0.3, 0.4) is 0 Å². The van der Waals surface area contributed by atoms with Crippen molar-refractivity contribution in [2.75, 3.05) is 0 Å². The second kappa shape index (κ2) is 6.39. The number of rotatable bonds is 7. The predicted octanol–water partition coefficient (Wildman–Crippen LogP) is -0.832. The molecule has 2 atom stereocenters. The second-order valence-corrected chi connectivity index (χ2v) is 3.11. The lowest BCUT2D eigenvalue weighted by atomic mass is 10.00. The van der Waals surface area contributed by atoms with Gasteiger partial charge in [0.05, 0.1) is 0 Å². The second-order valence-electron chi connectivity index (χ2n) is 3.11. The van der Waals surface area contributed by atoms with E-state index in [-0.39, 0.29) is 18.5 Å². The highest BCUT2D eigenvalue weighted by atomic mass is 16.2. The Morgan fingerprint density at radius 3 is 2.36 bits per heavy atom. The fourth-order valence-corrected chi connectivity index (χ4v) is 0.940. The number of hydrogen-bond acceptors (Lipinski definition) is 5. The molecular formula is C9H16N2O3. The molecule has 5 nitrogen and oxygen atoms in total. The van der Waals surface area contributed by atoms with E-state index in [2.05, 4.69) is 0 Å². The fraction of sp³-hybridized carbons (Fsp3) is 0.667. The molecule has 0 aliphatic rings. The quantitative estimate of drug-likeness (QED) is 0.412. The summed E-state index contributed by atoms with van der Waals surface area (Å²) in [5, 5.41) is 0. The Morgan fingerprint density at radius 2 is 1.93 bits per heavy atom. The zero-order valence-electron chi connectivity index (χ0n) is 8.23. The molecule has 4 N–H and O–H groups in total. The van der Waals surface area contributed by atoms with E-state index in [9.17, 15) is 14.4 Å². The minimum atomic E-state index is -1.28. The van der Waals surface area contributed by atoms with Crippen LogP contribution < -0.4 is 11.5 Å². The van der Waals surface area contributed by atoms with Gasteiger partial charge in [0.15, 0.2) is 11.6 Å². The van der Waals surface area contributed by atoms with Crippen molar-refractivity contribution in [1.82, 2.24) is 0 Å². The summed E-state index contributed by atoms with van der Waals surface area (Å²) >= 11 is 0. The van der Waals surface area contributed by atoms with Crippen LogP contribution in [0.5, 0.6) is 0 Å². The van der Waals surface area contributed by atoms with Gasteiger partial charge in [0.2, 0.25) is 0 Å². The molecule has 0 aliphatic heterocycles. The normalized spacial score (nSPS) is 14.5. The maximum atomic E-state index is 11.2. The number of hydrogen-bond donors (Lipinski definition) is 2. The molecule has 14 heavy (non-hydrogen) atoms. The van der Waals surface area contributed by atoms with Gasteiger partial charge in [0, 0.05) is 6.42 Å². The maximum Gasteiger partial charge on any atom is 0.180 e. The van der Waals surface area contributed by atoms with Gasteiger partial charge in [-0.3, -0.25) is 9.59 Å². The Bertz CT molecular complexity index is 228. The van der Waals surface area contributed by atoms with E-state index in [0.717, 1.165) is 6.42 Å². The Labute approximate surface area is 82.8 Å². The van der Waals surface area contributed by atoms with E-state index in [1.807, 2.05) is 6.92 Å². The van der Waals surface area contributed by atoms with Gasteiger partial charge >= 0.3 is 0 Å². The largest absolute Gasteiger partial charge is 0.316 e. The summed E-state index contributed by atoms with van der Waals surface area (Å²) in [6, 6.07) is -2.53. The first kappa shape index (κ1) is 12.9. The number of carbonyl (C=O) groups excluding carboxylic acids is 3. The van der Waals surface area contributed by atoms with E-state index in [1.165, 1.54) is 0 Å². The van der Waals surface area contributed by atoms with Crippen LogP contribution in [-0.2, 0) is 14.4 Å². The predicted molar refractivity (Wildman–Crippen MR) is 51.6 cm³/mol. The zero-order chi connectivity index (χ0) is 11.1. The van der Waals surface area contributed by atoms with Crippen molar-refractivity contribution in [3.05, 3.63) is 0 Å². The summed E-state index contributed by atoms with van der Waals surface area (Å²) in [6.07, 6.45) is 2.09. The average Bonchev–Trinajstić information content (AvgIpc) is 2.22. The third-order valence-electron chi connectivity index (χ3n) is 1.91. The van der Waals surface area contributed by atoms with Crippen LogP contribution in [-0.4, -0.2) is 29.9 Å². The number of unbranched alkanes of at least 4 members (excludes halogenated alkanes) is 1. The molecule has 0 rings (SSSR count). The molecule has 0 aromatic heterocycles. The highest BCUT2D eigenvalue weighted by Gasteiger charge is 2.25. The van der Waals surface area contributed by atoms with E-state index < -0.39 is 17.9 Å². The summed E-state index contributed by atoms with van der Waals surface area (Å²) in [4.78, 5) is 32.6. The van der Waals surface area contributed by atoms with Crippen molar-refractivity contribution < 1.29 is 14.4 Å². The van der Waals surface area contributed by atoms with Crippen LogP contribution in [0.15, 0.2) is 0 Å². The van der Waals surface area contributed by atoms with Crippen LogP contribution in [0.25, 0.3) is 0 Å². The van der Waals surface area contributed by atoms with Crippen LogP contribution in [0.1, 0.15) is 26.2 Å². The minimum Gasteiger partial charge on any atom is -0.316 e. The van der Waals surface area contributed by atoms with Gasteiger partial charge < -0.3 is 16.3 Å². The van der Waals surface area contributed by atoms with Crippen molar-refractivity contribution in [2.24, 2.45) is 11.5 Å².